The minimum atomic E-state index is -1.16. The first kappa shape index (κ1) is 14.0. The second-order valence-electron chi connectivity index (χ2n) is 4.78. The van der Waals surface area contributed by atoms with Gasteiger partial charge in [-0.2, -0.15) is 0 Å². The molecule has 2 rings (SSSR count). The van der Waals surface area contributed by atoms with Crippen LogP contribution >= 0.6 is 0 Å². The second kappa shape index (κ2) is 5.73. The van der Waals surface area contributed by atoms with Gasteiger partial charge in [0.25, 0.3) is 5.91 Å². The smallest absolute Gasteiger partial charge is 0.353 e. The van der Waals surface area contributed by atoms with E-state index in [2.05, 4.69) is 10.5 Å². The maximum atomic E-state index is 12.0. The van der Waals surface area contributed by atoms with Gasteiger partial charge in [0.05, 0.1) is 6.04 Å². The van der Waals surface area contributed by atoms with Crippen LogP contribution in [0.4, 0.5) is 0 Å². The number of nitrogens with one attached hydrogen (secondary N) is 1. The molecular formula is C14H16N2O4. The van der Waals surface area contributed by atoms with Crippen LogP contribution in [0.2, 0.25) is 0 Å². The van der Waals surface area contributed by atoms with Crippen molar-refractivity contribution in [2.45, 2.75) is 32.4 Å². The first-order chi connectivity index (χ1) is 9.47. The summed E-state index contributed by atoms with van der Waals surface area (Å²) in [6.07, 6.45) is -0.879. The van der Waals surface area contributed by atoms with E-state index < -0.39 is 12.1 Å². The van der Waals surface area contributed by atoms with Crippen molar-refractivity contribution >= 4 is 17.6 Å². The van der Waals surface area contributed by atoms with E-state index in [1.54, 1.807) is 0 Å². The van der Waals surface area contributed by atoms with Gasteiger partial charge in [-0.05, 0) is 19.4 Å². The Morgan fingerprint density at radius 2 is 2.05 bits per heavy atom. The van der Waals surface area contributed by atoms with Crippen molar-refractivity contribution in [3.05, 3.63) is 35.4 Å². The molecule has 2 unspecified atom stereocenters. The van der Waals surface area contributed by atoms with E-state index in [4.69, 9.17) is 9.94 Å². The first-order valence-electron chi connectivity index (χ1n) is 6.30. The Kier molecular flexibility index (Phi) is 4.02. The van der Waals surface area contributed by atoms with E-state index in [-0.39, 0.29) is 24.1 Å². The molecule has 106 valence electrons. The van der Waals surface area contributed by atoms with Crippen LogP contribution in [0.5, 0.6) is 0 Å². The Morgan fingerprint density at radius 3 is 2.60 bits per heavy atom. The Bertz CT molecular complexity index is 551. The number of carboxylic acid groups (broad SMARTS) is 1. The predicted molar refractivity (Wildman–Crippen MR) is 72.3 cm³/mol. The summed E-state index contributed by atoms with van der Waals surface area (Å²) in [7, 11) is 0. The fraction of sp³-hybridized carbons (Fsp3) is 0.357. The lowest BCUT2D eigenvalue weighted by Crippen LogP contribution is -2.36. The van der Waals surface area contributed by atoms with Gasteiger partial charge in [-0.15, -0.1) is 0 Å². The molecule has 2 atom stereocenters. The molecule has 0 radical (unpaired) electrons. The number of aryl methyl sites for hydroxylation is 1. The molecule has 0 spiro atoms. The molecule has 0 saturated carbocycles. The summed E-state index contributed by atoms with van der Waals surface area (Å²) in [5, 5.41) is 14.9. The van der Waals surface area contributed by atoms with Crippen LogP contribution in [-0.2, 0) is 14.4 Å². The SMILES string of the molecule is Cc1ccc(C(C)NC(=O)C2CC(C(=O)O)=NO2)cc1. The van der Waals surface area contributed by atoms with E-state index in [0.29, 0.717) is 0 Å². The number of aliphatic carboxylic acids is 1. The predicted octanol–water partition coefficient (Wildman–Crippen LogP) is 1.40. The molecule has 1 aliphatic heterocycles. The molecule has 0 fully saturated rings. The molecule has 1 amide bonds. The van der Waals surface area contributed by atoms with Crippen molar-refractivity contribution < 1.29 is 19.5 Å². The standard InChI is InChI=1S/C14H16N2O4/c1-8-3-5-10(6-4-8)9(2)15-13(17)12-7-11(14(18)19)16-20-12/h3-6,9,12H,7H2,1-2H3,(H,15,17)(H,18,19). The Balaban J connectivity index is 1.92. The van der Waals surface area contributed by atoms with Gasteiger partial charge in [0.1, 0.15) is 0 Å². The van der Waals surface area contributed by atoms with Crippen LogP contribution < -0.4 is 5.32 Å². The van der Waals surface area contributed by atoms with Gasteiger partial charge in [-0.3, -0.25) is 4.79 Å². The molecular weight excluding hydrogens is 260 g/mol. The minimum Gasteiger partial charge on any atom is -0.477 e. The van der Waals surface area contributed by atoms with Crippen LogP contribution in [-0.4, -0.2) is 28.8 Å². The summed E-state index contributed by atoms with van der Waals surface area (Å²) in [5.74, 6) is -1.52. The highest BCUT2D eigenvalue weighted by molar-refractivity contribution is 6.36. The zero-order valence-corrected chi connectivity index (χ0v) is 11.3. The Labute approximate surface area is 116 Å². The Morgan fingerprint density at radius 1 is 1.40 bits per heavy atom. The summed E-state index contributed by atoms with van der Waals surface area (Å²) < 4.78 is 0. The molecule has 0 bridgehead atoms. The fourth-order valence-corrected chi connectivity index (χ4v) is 1.89. The van der Waals surface area contributed by atoms with Gasteiger partial charge in [-0.1, -0.05) is 35.0 Å². The number of carbonyl (C=O) groups is 2. The third-order valence-corrected chi connectivity index (χ3v) is 3.14. The van der Waals surface area contributed by atoms with Crippen LogP contribution in [0.3, 0.4) is 0 Å². The van der Waals surface area contributed by atoms with Crippen molar-refractivity contribution in [2.75, 3.05) is 0 Å². The number of hydrogen-bond donors (Lipinski definition) is 2. The number of hydrogen-bond acceptors (Lipinski definition) is 4. The highest BCUT2D eigenvalue weighted by Crippen LogP contribution is 2.16. The fourth-order valence-electron chi connectivity index (χ4n) is 1.89. The van der Waals surface area contributed by atoms with E-state index >= 15 is 0 Å². The van der Waals surface area contributed by atoms with E-state index in [1.165, 1.54) is 0 Å². The topological polar surface area (TPSA) is 88.0 Å². The van der Waals surface area contributed by atoms with E-state index in [1.807, 2.05) is 38.1 Å². The lowest BCUT2D eigenvalue weighted by Gasteiger charge is -2.16. The summed E-state index contributed by atoms with van der Waals surface area (Å²) in [5.41, 5.74) is 1.99. The van der Waals surface area contributed by atoms with E-state index in [9.17, 15) is 9.59 Å². The van der Waals surface area contributed by atoms with Crippen molar-refractivity contribution in [3.63, 3.8) is 0 Å². The highest BCUT2D eigenvalue weighted by atomic mass is 16.6. The molecule has 0 saturated heterocycles. The van der Waals surface area contributed by atoms with Gasteiger partial charge in [0, 0.05) is 6.42 Å². The summed E-state index contributed by atoms with van der Waals surface area (Å²) in [6.45, 7) is 3.85. The number of amides is 1. The Hall–Kier alpha value is -2.37. The number of benzene rings is 1. The molecule has 2 N–H and O–H groups in total. The zero-order chi connectivity index (χ0) is 14.7. The lowest BCUT2D eigenvalue weighted by molar-refractivity contribution is -0.132. The van der Waals surface area contributed by atoms with Gasteiger partial charge >= 0.3 is 5.97 Å². The summed E-state index contributed by atoms with van der Waals surface area (Å²) in [4.78, 5) is 27.5. The maximum Gasteiger partial charge on any atom is 0.353 e. The van der Waals surface area contributed by atoms with E-state index in [0.717, 1.165) is 11.1 Å². The summed E-state index contributed by atoms with van der Waals surface area (Å²) in [6, 6.07) is 7.63. The quantitative estimate of drug-likeness (QED) is 0.870. The molecule has 6 nitrogen and oxygen atoms in total. The highest BCUT2D eigenvalue weighted by Gasteiger charge is 2.32. The van der Waals surface area contributed by atoms with Gasteiger partial charge < -0.3 is 15.3 Å². The maximum absolute atomic E-state index is 12.0. The van der Waals surface area contributed by atoms with Crippen LogP contribution in [0.15, 0.2) is 29.4 Å². The second-order valence-corrected chi connectivity index (χ2v) is 4.78. The molecule has 1 aliphatic rings. The van der Waals surface area contributed by atoms with Gasteiger partial charge in [0.15, 0.2) is 5.71 Å². The van der Waals surface area contributed by atoms with Gasteiger partial charge in [-0.25, -0.2) is 4.79 Å². The van der Waals surface area contributed by atoms with Crippen LogP contribution in [0, 0.1) is 6.92 Å². The van der Waals surface area contributed by atoms with Crippen molar-refractivity contribution in [1.82, 2.24) is 5.32 Å². The normalized spacial score (nSPS) is 18.9. The largest absolute Gasteiger partial charge is 0.477 e. The molecule has 0 aliphatic carbocycles. The van der Waals surface area contributed by atoms with Crippen molar-refractivity contribution in [3.8, 4) is 0 Å². The molecule has 1 heterocycles. The third-order valence-electron chi connectivity index (χ3n) is 3.14. The molecule has 6 heteroatoms. The zero-order valence-electron chi connectivity index (χ0n) is 11.3. The number of rotatable bonds is 4. The molecule has 20 heavy (non-hydrogen) atoms. The van der Waals surface area contributed by atoms with Crippen LogP contribution in [0.1, 0.15) is 30.5 Å². The number of oxime groups is 1. The number of carbonyl (C=O) groups excluding carboxylic acids is 1. The third kappa shape index (κ3) is 3.14. The number of nitrogens with zero attached hydrogens (tertiary/aromatic N) is 1. The minimum absolute atomic E-state index is 0.0121. The van der Waals surface area contributed by atoms with Gasteiger partial charge in [0.2, 0.25) is 6.10 Å². The molecule has 1 aromatic rings. The average molecular weight is 276 g/mol. The number of carboxylic acids is 1. The molecule has 0 aromatic heterocycles. The first-order valence-corrected chi connectivity index (χ1v) is 6.30. The monoisotopic (exact) mass is 276 g/mol. The average Bonchev–Trinajstić information content (AvgIpc) is 2.89. The lowest BCUT2D eigenvalue weighted by atomic mass is 10.1. The van der Waals surface area contributed by atoms with Crippen molar-refractivity contribution in [2.24, 2.45) is 5.16 Å². The van der Waals surface area contributed by atoms with Crippen molar-refractivity contribution in [1.29, 1.82) is 0 Å². The molecule has 1 aromatic carbocycles. The summed E-state index contributed by atoms with van der Waals surface area (Å²) >= 11 is 0. The van der Waals surface area contributed by atoms with Crippen LogP contribution in [0.25, 0.3) is 0 Å².